The summed E-state index contributed by atoms with van der Waals surface area (Å²) < 4.78 is 0. The number of rotatable bonds is 7. The normalized spacial score (nSPS) is 13.4. The largest absolute Gasteiger partial charge is 0.372 e. The summed E-state index contributed by atoms with van der Waals surface area (Å²) in [5.41, 5.74) is 4.06. The fraction of sp³-hybridized carbons (Fsp3) is 0.417. The van der Waals surface area contributed by atoms with Gasteiger partial charge in [-0.15, -0.1) is 0 Å². The van der Waals surface area contributed by atoms with Gasteiger partial charge in [0.2, 0.25) is 11.8 Å². The highest BCUT2D eigenvalue weighted by molar-refractivity contribution is 5.96. The minimum atomic E-state index is -0.0506. The Morgan fingerprint density at radius 2 is 1.66 bits per heavy atom. The molecule has 2 aromatic rings. The van der Waals surface area contributed by atoms with Crippen molar-refractivity contribution in [3.05, 3.63) is 54.1 Å². The van der Waals surface area contributed by atoms with E-state index in [2.05, 4.69) is 17.0 Å². The molecule has 1 heterocycles. The minimum absolute atomic E-state index is 0.0260. The molecule has 0 bridgehead atoms. The third-order valence-corrected chi connectivity index (χ3v) is 5.49. The number of carbonyl (C=O) groups excluding carboxylic acids is 2. The molecule has 154 valence electrons. The van der Waals surface area contributed by atoms with Crippen molar-refractivity contribution in [2.24, 2.45) is 0 Å². The van der Waals surface area contributed by atoms with Crippen LogP contribution in [0.1, 0.15) is 38.7 Å². The summed E-state index contributed by atoms with van der Waals surface area (Å²) in [6, 6.07) is 16.1. The van der Waals surface area contributed by atoms with Gasteiger partial charge in [0.15, 0.2) is 0 Å². The second-order valence-corrected chi connectivity index (χ2v) is 7.61. The molecule has 2 aromatic carbocycles. The van der Waals surface area contributed by atoms with Crippen LogP contribution in [0.2, 0.25) is 0 Å². The van der Waals surface area contributed by atoms with Crippen LogP contribution in [0.5, 0.6) is 0 Å². The fourth-order valence-corrected chi connectivity index (χ4v) is 3.93. The number of hydrogen-bond acceptors (Lipinski definition) is 3. The Morgan fingerprint density at radius 3 is 2.24 bits per heavy atom. The first-order chi connectivity index (χ1) is 14.0. The third-order valence-electron chi connectivity index (χ3n) is 5.49. The molecule has 0 spiro atoms. The van der Waals surface area contributed by atoms with Crippen molar-refractivity contribution in [1.29, 1.82) is 0 Å². The maximum absolute atomic E-state index is 12.9. The second kappa shape index (κ2) is 9.59. The topological polar surface area (TPSA) is 43.9 Å². The van der Waals surface area contributed by atoms with Crippen LogP contribution in [0.15, 0.2) is 48.5 Å². The van der Waals surface area contributed by atoms with Gasteiger partial charge in [-0.3, -0.25) is 9.59 Å². The van der Waals surface area contributed by atoms with Crippen LogP contribution in [0.25, 0.3) is 0 Å². The van der Waals surface area contributed by atoms with Crippen LogP contribution < -0.4 is 14.7 Å². The van der Waals surface area contributed by atoms with Crippen molar-refractivity contribution in [3.63, 3.8) is 0 Å². The molecular formula is C24H31N3O2. The van der Waals surface area contributed by atoms with Gasteiger partial charge in [0, 0.05) is 56.6 Å². The molecule has 5 nitrogen and oxygen atoms in total. The maximum atomic E-state index is 12.9. The van der Waals surface area contributed by atoms with Crippen molar-refractivity contribution in [1.82, 2.24) is 0 Å². The molecule has 1 aliphatic heterocycles. The molecule has 1 fully saturated rings. The molecule has 1 saturated heterocycles. The van der Waals surface area contributed by atoms with Gasteiger partial charge in [-0.25, -0.2) is 0 Å². The number of anilines is 3. The highest BCUT2D eigenvalue weighted by atomic mass is 16.2. The van der Waals surface area contributed by atoms with Gasteiger partial charge in [0.25, 0.3) is 0 Å². The van der Waals surface area contributed by atoms with Gasteiger partial charge in [-0.2, -0.15) is 0 Å². The second-order valence-electron chi connectivity index (χ2n) is 7.61. The Balaban J connectivity index is 1.67. The van der Waals surface area contributed by atoms with Gasteiger partial charge in [-0.05, 0) is 68.7 Å². The lowest BCUT2D eigenvalue weighted by Crippen LogP contribution is -2.36. The SMILES string of the molecule is CCN(C(=O)CCN(C(C)=O)c1ccc(N2CCCC2)cc1)c1cccc(C)c1. The summed E-state index contributed by atoms with van der Waals surface area (Å²) in [6.07, 6.45) is 2.76. The summed E-state index contributed by atoms with van der Waals surface area (Å²) >= 11 is 0. The fourth-order valence-electron chi connectivity index (χ4n) is 3.93. The lowest BCUT2D eigenvalue weighted by molar-refractivity contribution is -0.118. The zero-order valence-corrected chi connectivity index (χ0v) is 17.7. The van der Waals surface area contributed by atoms with Crippen molar-refractivity contribution >= 4 is 28.9 Å². The lowest BCUT2D eigenvalue weighted by atomic mass is 10.2. The Hall–Kier alpha value is -2.82. The predicted octanol–water partition coefficient (Wildman–Crippen LogP) is 4.39. The Bertz CT molecular complexity index is 841. The van der Waals surface area contributed by atoms with Gasteiger partial charge >= 0.3 is 0 Å². The maximum Gasteiger partial charge on any atom is 0.228 e. The van der Waals surface area contributed by atoms with Crippen molar-refractivity contribution in [2.45, 2.75) is 40.0 Å². The first-order valence-electron chi connectivity index (χ1n) is 10.5. The number of carbonyl (C=O) groups is 2. The summed E-state index contributed by atoms with van der Waals surface area (Å²) in [4.78, 5) is 30.9. The summed E-state index contributed by atoms with van der Waals surface area (Å²) in [6.45, 7) is 8.71. The molecule has 0 radical (unpaired) electrons. The minimum Gasteiger partial charge on any atom is -0.372 e. The van der Waals surface area contributed by atoms with E-state index in [9.17, 15) is 9.59 Å². The van der Waals surface area contributed by atoms with Crippen LogP contribution in [-0.2, 0) is 9.59 Å². The molecule has 0 saturated carbocycles. The Morgan fingerprint density at radius 1 is 0.966 bits per heavy atom. The Labute approximate surface area is 173 Å². The molecule has 5 heteroatoms. The third kappa shape index (κ3) is 5.17. The average Bonchev–Trinajstić information content (AvgIpc) is 3.24. The van der Waals surface area contributed by atoms with Crippen LogP contribution in [0.3, 0.4) is 0 Å². The standard InChI is InChI=1S/C24H31N3O2/c1-4-26(23-9-7-8-19(2)18-23)24(29)14-17-27(20(3)28)22-12-10-21(11-13-22)25-15-5-6-16-25/h7-13,18H,4-6,14-17H2,1-3H3. The zero-order valence-electron chi connectivity index (χ0n) is 17.7. The molecule has 0 N–H and O–H groups in total. The van der Waals surface area contributed by atoms with E-state index in [0.29, 0.717) is 13.1 Å². The van der Waals surface area contributed by atoms with Crippen LogP contribution in [0.4, 0.5) is 17.1 Å². The van der Waals surface area contributed by atoms with E-state index in [1.54, 1.807) is 16.7 Å². The van der Waals surface area contributed by atoms with Crippen molar-refractivity contribution < 1.29 is 9.59 Å². The highest BCUT2D eigenvalue weighted by Gasteiger charge is 2.19. The van der Waals surface area contributed by atoms with Crippen LogP contribution in [0, 0.1) is 6.92 Å². The van der Waals surface area contributed by atoms with E-state index in [1.807, 2.05) is 50.2 Å². The van der Waals surface area contributed by atoms with Crippen molar-refractivity contribution in [3.8, 4) is 0 Å². The molecule has 0 atom stereocenters. The molecule has 3 rings (SSSR count). The van der Waals surface area contributed by atoms with E-state index in [0.717, 1.165) is 30.0 Å². The quantitative estimate of drug-likeness (QED) is 0.701. The smallest absolute Gasteiger partial charge is 0.228 e. The molecule has 0 aliphatic carbocycles. The van der Waals surface area contributed by atoms with E-state index in [4.69, 9.17) is 0 Å². The predicted molar refractivity (Wildman–Crippen MR) is 120 cm³/mol. The van der Waals surface area contributed by atoms with Gasteiger partial charge in [0.1, 0.15) is 0 Å². The van der Waals surface area contributed by atoms with E-state index in [-0.39, 0.29) is 18.2 Å². The molecule has 2 amide bonds. The molecule has 29 heavy (non-hydrogen) atoms. The number of aryl methyl sites for hydroxylation is 1. The lowest BCUT2D eigenvalue weighted by Gasteiger charge is -2.25. The first kappa shape index (κ1) is 20.9. The number of nitrogens with zero attached hydrogens (tertiary/aromatic N) is 3. The van der Waals surface area contributed by atoms with E-state index < -0.39 is 0 Å². The van der Waals surface area contributed by atoms with Crippen molar-refractivity contribution in [2.75, 3.05) is 40.9 Å². The van der Waals surface area contributed by atoms with Gasteiger partial charge < -0.3 is 14.7 Å². The van der Waals surface area contributed by atoms with Crippen LogP contribution >= 0.6 is 0 Å². The van der Waals surface area contributed by atoms with E-state index in [1.165, 1.54) is 18.5 Å². The average molecular weight is 394 g/mol. The zero-order chi connectivity index (χ0) is 20.8. The first-order valence-corrected chi connectivity index (χ1v) is 10.5. The van der Waals surface area contributed by atoms with Crippen LogP contribution in [-0.4, -0.2) is 38.0 Å². The molecule has 0 aromatic heterocycles. The monoisotopic (exact) mass is 393 g/mol. The molecule has 0 unspecified atom stereocenters. The summed E-state index contributed by atoms with van der Waals surface area (Å²) in [5, 5.41) is 0. The number of benzene rings is 2. The number of amides is 2. The van der Waals surface area contributed by atoms with E-state index >= 15 is 0 Å². The molecule has 1 aliphatic rings. The summed E-state index contributed by atoms with van der Waals surface area (Å²) in [5.74, 6) is -0.0247. The Kier molecular flexibility index (Phi) is 6.91. The highest BCUT2D eigenvalue weighted by Crippen LogP contribution is 2.24. The van der Waals surface area contributed by atoms with Gasteiger partial charge in [0.05, 0.1) is 0 Å². The summed E-state index contributed by atoms with van der Waals surface area (Å²) in [7, 11) is 0. The van der Waals surface area contributed by atoms with Gasteiger partial charge in [-0.1, -0.05) is 12.1 Å². The molecular weight excluding hydrogens is 362 g/mol. The number of hydrogen-bond donors (Lipinski definition) is 0.